The van der Waals surface area contributed by atoms with Crippen LogP contribution in [0.25, 0.3) is 0 Å². The first-order valence-corrected chi connectivity index (χ1v) is 11.5. The first-order chi connectivity index (χ1) is 15.3. The number of nitrogens with one attached hydrogen (secondary N) is 3. The largest absolute Gasteiger partial charge is 0.322 e. The highest BCUT2D eigenvalue weighted by Gasteiger charge is 2.25. The summed E-state index contributed by atoms with van der Waals surface area (Å²) < 4.78 is 36.9. The van der Waals surface area contributed by atoms with E-state index in [1.165, 1.54) is 16.6 Å². The summed E-state index contributed by atoms with van der Waals surface area (Å²) in [4.78, 5) is 8.48. The molecule has 4 N–H and O–H groups in total. The molecule has 0 bridgehead atoms. The van der Waals surface area contributed by atoms with Gasteiger partial charge in [-0.25, -0.2) is 17.9 Å². The summed E-state index contributed by atoms with van der Waals surface area (Å²) in [5.74, 6) is 0.802. The van der Waals surface area contributed by atoms with E-state index in [-0.39, 0.29) is 17.6 Å². The smallest absolute Gasteiger partial charge is 0.234 e. The van der Waals surface area contributed by atoms with Gasteiger partial charge in [-0.3, -0.25) is 9.65 Å². The van der Waals surface area contributed by atoms with E-state index >= 15 is 0 Å². The zero-order valence-electron chi connectivity index (χ0n) is 17.5. The summed E-state index contributed by atoms with van der Waals surface area (Å²) in [7, 11) is 0. The highest BCUT2D eigenvalue weighted by Crippen LogP contribution is 2.34. The van der Waals surface area contributed by atoms with Crippen molar-refractivity contribution >= 4 is 46.1 Å². The molecule has 0 spiro atoms. The van der Waals surface area contributed by atoms with Gasteiger partial charge in [-0.1, -0.05) is 11.6 Å². The van der Waals surface area contributed by atoms with Crippen LogP contribution in [0.2, 0.25) is 5.02 Å². The molecule has 3 heterocycles. The molecule has 0 aliphatic carbocycles. The number of benzene rings is 1. The maximum atomic E-state index is 14.9. The first kappa shape index (κ1) is 22.6. The molecule has 1 unspecified atom stereocenters. The Bertz CT molecular complexity index is 1150. The molecular formula is C20H23ClFN7O2S. The van der Waals surface area contributed by atoms with Crippen molar-refractivity contribution in [3.63, 3.8) is 0 Å². The average Bonchev–Trinajstić information content (AvgIpc) is 3.17. The van der Waals surface area contributed by atoms with E-state index in [4.69, 9.17) is 11.6 Å². The second kappa shape index (κ2) is 9.49. The minimum atomic E-state index is -1.96. The van der Waals surface area contributed by atoms with Gasteiger partial charge in [0.1, 0.15) is 10.8 Å². The lowest BCUT2D eigenvalue weighted by Gasteiger charge is -2.30. The maximum Gasteiger partial charge on any atom is 0.234 e. The molecular weight excluding hydrogens is 457 g/mol. The quantitative estimate of drug-likeness (QED) is 0.386. The number of anilines is 4. The number of aromatic amines is 1. The van der Waals surface area contributed by atoms with Crippen LogP contribution in [0, 0.1) is 19.7 Å². The number of aromatic nitrogens is 4. The van der Waals surface area contributed by atoms with Crippen LogP contribution in [0.15, 0.2) is 24.4 Å². The third-order valence-electron chi connectivity index (χ3n) is 5.41. The van der Waals surface area contributed by atoms with Gasteiger partial charge in [0.25, 0.3) is 0 Å². The molecule has 3 aromatic rings. The lowest BCUT2D eigenvalue weighted by Crippen LogP contribution is -2.34. The Balaban J connectivity index is 1.51. The normalized spacial score (nSPS) is 16.2. The van der Waals surface area contributed by atoms with Crippen LogP contribution < -0.4 is 10.6 Å². The zero-order valence-corrected chi connectivity index (χ0v) is 19.1. The van der Waals surface area contributed by atoms with Crippen LogP contribution in [0.5, 0.6) is 0 Å². The van der Waals surface area contributed by atoms with Crippen molar-refractivity contribution in [2.24, 2.45) is 0 Å². The number of rotatable bonds is 6. The summed E-state index contributed by atoms with van der Waals surface area (Å²) in [5, 5.41) is 13.1. The molecule has 1 aliphatic rings. The fourth-order valence-corrected chi connectivity index (χ4v) is 4.46. The van der Waals surface area contributed by atoms with Gasteiger partial charge in [0.05, 0.1) is 11.9 Å². The zero-order chi connectivity index (χ0) is 22.8. The molecule has 12 heteroatoms. The number of H-pyrrole nitrogens is 1. The second-order valence-corrected chi connectivity index (χ2v) is 9.08. The van der Waals surface area contributed by atoms with Crippen molar-refractivity contribution in [3.8, 4) is 0 Å². The van der Waals surface area contributed by atoms with Crippen LogP contribution >= 0.6 is 11.6 Å². The summed E-state index contributed by atoms with van der Waals surface area (Å²) in [6.07, 6.45) is 2.82. The van der Waals surface area contributed by atoms with Crippen molar-refractivity contribution < 1.29 is 13.2 Å². The predicted molar refractivity (Wildman–Crippen MR) is 122 cm³/mol. The van der Waals surface area contributed by atoms with E-state index in [0.717, 1.165) is 16.8 Å². The number of aryl methyl sites for hydroxylation is 2. The molecule has 0 amide bonds. The van der Waals surface area contributed by atoms with Crippen molar-refractivity contribution in [1.82, 2.24) is 24.5 Å². The third-order valence-corrected chi connectivity index (χ3v) is 6.50. The van der Waals surface area contributed by atoms with E-state index in [2.05, 4.69) is 30.8 Å². The minimum absolute atomic E-state index is 0.137. The van der Waals surface area contributed by atoms with Crippen LogP contribution in [-0.2, 0) is 11.3 Å². The van der Waals surface area contributed by atoms with Crippen LogP contribution in [-0.4, -0.2) is 46.3 Å². The van der Waals surface area contributed by atoms with Crippen molar-refractivity contribution in [1.29, 1.82) is 0 Å². The molecule has 4 rings (SSSR count). The van der Waals surface area contributed by atoms with E-state index in [1.54, 1.807) is 12.1 Å². The lowest BCUT2D eigenvalue weighted by atomic mass is 9.87. The Kier molecular flexibility index (Phi) is 6.70. The highest BCUT2D eigenvalue weighted by atomic mass is 35.5. The van der Waals surface area contributed by atoms with Gasteiger partial charge in [-0.2, -0.15) is 10.1 Å². The molecule has 1 fully saturated rings. The molecule has 1 aliphatic heterocycles. The van der Waals surface area contributed by atoms with E-state index in [0.29, 0.717) is 42.6 Å². The molecule has 32 heavy (non-hydrogen) atoms. The highest BCUT2D eigenvalue weighted by molar-refractivity contribution is 7.76. The van der Waals surface area contributed by atoms with Crippen molar-refractivity contribution in [2.75, 3.05) is 23.7 Å². The third kappa shape index (κ3) is 5.07. The Morgan fingerprint density at radius 3 is 2.66 bits per heavy atom. The monoisotopic (exact) mass is 479 g/mol. The topological polar surface area (TPSA) is 119 Å². The molecule has 170 valence electrons. The summed E-state index contributed by atoms with van der Waals surface area (Å²) in [6.45, 7) is 4.79. The number of piperidine rings is 1. The fourth-order valence-electron chi connectivity index (χ4n) is 3.79. The van der Waals surface area contributed by atoms with Crippen LogP contribution in [0.3, 0.4) is 0 Å². The SMILES string of the molecule is Cc1cc(Nc2nc(Nc3cc(C)c(C4CCN(S(=O)O)CC4)cc3F)ncc2Cl)n[nH]1. The Hall–Kier alpha value is -2.60. The van der Waals surface area contributed by atoms with Gasteiger partial charge in [-0.15, -0.1) is 0 Å². The van der Waals surface area contributed by atoms with Gasteiger partial charge in [0.15, 0.2) is 11.6 Å². The van der Waals surface area contributed by atoms with E-state index in [9.17, 15) is 13.2 Å². The molecule has 1 saturated heterocycles. The van der Waals surface area contributed by atoms with Gasteiger partial charge in [-0.05, 0) is 55.9 Å². The van der Waals surface area contributed by atoms with Crippen LogP contribution in [0.4, 0.5) is 27.7 Å². The van der Waals surface area contributed by atoms with Crippen LogP contribution in [0.1, 0.15) is 35.6 Å². The Labute approximate surface area is 192 Å². The summed E-state index contributed by atoms with van der Waals surface area (Å²) >= 11 is 4.22. The summed E-state index contributed by atoms with van der Waals surface area (Å²) in [6, 6.07) is 5.05. The summed E-state index contributed by atoms with van der Waals surface area (Å²) in [5.41, 5.74) is 2.97. The number of hydrogen-bond acceptors (Lipinski definition) is 6. The molecule has 1 atom stereocenters. The number of halogens is 2. The standard InChI is InChI=1S/C20H23ClFN7O2S/c1-11-7-17(16(22)9-14(11)13-3-5-29(6-4-13)32(30)31)24-20-23-10-15(21)19(26-20)25-18-8-12(2)27-28-18/h7-10,13H,3-6H2,1-2H3,(H,30,31)(H3,23,24,25,26,27,28). The van der Waals surface area contributed by atoms with Gasteiger partial charge >= 0.3 is 0 Å². The Morgan fingerprint density at radius 2 is 2.00 bits per heavy atom. The lowest BCUT2D eigenvalue weighted by molar-refractivity contribution is 0.312. The average molecular weight is 480 g/mol. The Morgan fingerprint density at radius 1 is 1.25 bits per heavy atom. The molecule has 0 radical (unpaired) electrons. The predicted octanol–water partition coefficient (Wildman–Crippen LogP) is 4.41. The van der Waals surface area contributed by atoms with Crippen molar-refractivity contribution in [2.45, 2.75) is 32.6 Å². The second-order valence-electron chi connectivity index (χ2n) is 7.70. The number of hydrogen-bond donors (Lipinski definition) is 4. The first-order valence-electron chi connectivity index (χ1n) is 10.0. The minimum Gasteiger partial charge on any atom is -0.322 e. The molecule has 2 aromatic heterocycles. The maximum absolute atomic E-state index is 14.9. The molecule has 9 nitrogen and oxygen atoms in total. The van der Waals surface area contributed by atoms with Crippen molar-refractivity contribution in [3.05, 3.63) is 52.1 Å². The molecule has 0 saturated carbocycles. The van der Waals surface area contributed by atoms with E-state index in [1.807, 2.05) is 13.8 Å². The van der Waals surface area contributed by atoms with Gasteiger partial charge < -0.3 is 10.6 Å². The van der Waals surface area contributed by atoms with Gasteiger partial charge in [0, 0.05) is 24.8 Å². The van der Waals surface area contributed by atoms with E-state index < -0.39 is 17.1 Å². The fraction of sp³-hybridized carbons (Fsp3) is 0.350. The molecule has 1 aromatic carbocycles. The number of nitrogens with zero attached hydrogens (tertiary/aromatic N) is 4. The van der Waals surface area contributed by atoms with Gasteiger partial charge in [0.2, 0.25) is 17.2 Å².